The number of halogens is 1. The molecule has 1 aliphatic heterocycles. The van der Waals surface area contributed by atoms with Gasteiger partial charge in [-0.2, -0.15) is 5.10 Å². The van der Waals surface area contributed by atoms with Gasteiger partial charge in [0.25, 0.3) is 0 Å². The van der Waals surface area contributed by atoms with Gasteiger partial charge in [-0.25, -0.2) is 9.37 Å². The Labute approximate surface area is 186 Å². The third-order valence-corrected chi connectivity index (χ3v) is 6.54. The van der Waals surface area contributed by atoms with Crippen molar-refractivity contribution in [3.63, 3.8) is 0 Å². The third kappa shape index (κ3) is 4.93. The summed E-state index contributed by atoms with van der Waals surface area (Å²) in [5.41, 5.74) is 2.85. The van der Waals surface area contributed by atoms with E-state index < -0.39 is 0 Å². The molecule has 0 bridgehead atoms. The quantitative estimate of drug-likeness (QED) is 0.443. The Bertz CT molecular complexity index is 1040. The predicted octanol–water partition coefficient (Wildman–Crippen LogP) is 5.96. The van der Waals surface area contributed by atoms with Crippen molar-refractivity contribution in [3.8, 4) is 21.8 Å². The number of thiazole rings is 1. The zero-order valence-corrected chi connectivity index (χ0v) is 19.0. The van der Waals surface area contributed by atoms with Crippen molar-refractivity contribution in [1.82, 2.24) is 14.8 Å². The van der Waals surface area contributed by atoms with Gasteiger partial charge in [-0.1, -0.05) is 0 Å². The number of hydrogen-bond donors (Lipinski definition) is 0. The molecule has 0 amide bonds. The van der Waals surface area contributed by atoms with Crippen LogP contribution in [0.1, 0.15) is 56.9 Å². The fraction of sp³-hybridized carbons (Fsp3) is 0.458. The lowest BCUT2D eigenvalue weighted by Gasteiger charge is -2.23. The standard InChI is InChI=1S/C24H28FN3O2S/c1-24(2,3)28-22(17-5-7-18(25)8-6-17)19(14-26-28)23-27-20(15-31-23)21(29)9-4-16-10-12-30-13-11-16/h5-8,14-16H,4,9-13H2,1-3H3. The fourth-order valence-electron chi connectivity index (χ4n) is 3.92. The molecule has 0 saturated carbocycles. The van der Waals surface area contributed by atoms with Gasteiger partial charge in [0.2, 0.25) is 0 Å². The van der Waals surface area contributed by atoms with Crippen LogP contribution in [0.25, 0.3) is 21.8 Å². The molecule has 1 saturated heterocycles. The van der Waals surface area contributed by atoms with Crippen LogP contribution in [0.15, 0.2) is 35.8 Å². The number of nitrogens with zero attached hydrogens (tertiary/aromatic N) is 3. The monoisotopic (exact) mass is 441 g/mol. The maximum atomic E-state index is 13.5. The molecule has 31 heavy (non-hydrogen) atoms. The normalized spacial score (nSPS) is 15.4. The van der Waals surface area contributed by atoms with Crippen molar-refractivity contribution in [2.45, 2.75) is 52.0 Å². The van der Waals surface area contributed by atoms with Crippen molar-refractivity contribution < 1.29 is 13.9 Å². The molecule has 2 aromatic heterocycles. The van der Waals surface area contributed by atoms with E-state index in [9.17, 15) is 9.18 Å². The van der Waals surface area contributed by atoms with Crippen LogP contribution in [0.5, 0.6) is 0 Å². The molecule has 1 aliphatic rings. The molecule has 1 aromatic carbocycles. The minimum absolute atomic E-state index is 0.0838. The van der Waals surface area contributed by atoms with E-state index in [1.54, 1.807) is 18.3 Å². The number of Topliss-reactive ketones (excluding diaryl/α,β-unsaturated/α-hetero) is 1. The molecule has 164 valence electrons. The second-order valence-electron chi connectivity index (χ2n) is 9.05. The van der Waals surface area contributed by atoms with Crippen molar-refractivity contribution in [2.24, 2.45) is 5.92 Å². The Balaban J connectivity index is 1.60. The number of ketones is 1. The lowest BCUT2D eigenvalue weighted by molar-refractivity contribution is 0.0619. The van der Waals surface area contributed by atoms with Crippen LogP contribution in [0.2, 0.25) is 0 Å². The maximum absolute atomic E-state index is 13.5. The molecule has 0 N–H and O–H groups in total. The number of benzene rings is 1. The van der Waals surface area contributed by atoms with E-state index in [1.807, 2.05) is 10.1 Å². The summed E-state index contributed by atoms with van der Waals surface area (Å²) in [6.45, 7) is 7.81. The smallest absolute Gasteiger partial charge is 0.182 e. The van der Waals surface area contributed by atoms with Gasteiger partial charge in [0.15, 0.2) is 5.78 Å². The van der Waals surface area contributed by atoms with Crippen LogP contribution in [0.4, 0.5) is 4.39 Å². The SMILES string of the molecule is CC(C)(C)n1ncc(-c2nc(C(=O)CCC3CCOCC3)cs2)c1-c1ccc(F)cc1. The van der Waals surface area contributed by atoms with Gasteiger partial charge in [-0.05, 0) is 70.2 Å². The highest BCUT2D eigenvalue weighted by atomic mass is 32.1. The summed E-state index contributed by atoms with van der Waals surface area (Å²) in [5, 5.41) is 7.20. The van der Waals surface area contributed by atoms with Gasteiger partial charge < -0.3 is 4.74 Å². The minimum Gasteiger partial charge on any atom is -0.381 e. The molecule has 3 heterocycles. The van der Waals surface area contributed by atoms with Crippen LogP contribution >= 0.6 is 11.3 Å². The molecule has 3 aromatic rings. The number of ether oxygens (including phenoxy) is 1. The van der Waals surface area contributed by atoms with Gasteiger partial charge in [0, 0.05) is 30.6 Å². The Hall–Kier alpha value is -2.38. The van der Waals surface area contributed by atoms with Crippen molar-refractivity contribution in [2.75, 3.05) is 13.2 Å². The first-order valence-electron chi connectivity index (χ1n) is 10.7. The van der Waals surface area contributed by atoms with Crippen molar-refractivity contribution in [1.29, 1.82) is 0 Å². The number of carbonyl (C=O) groups is 1. The van der Waals surface area contributed by atoms with Gasteiger partial charge in [0.1, 0.15) is 16.5 Å². The van der Waals surface area contributed by atoms with Crippen LogP contribution in [0, 0.1) is 11.7 Å². The van der Waals surface area contributed by atoms with E-state index in [0.717, 1.165) is 54.3 Å². The van der Waals surface area contributed by atoms with E-state index in [1.165, 1.54) is 23.5 Å². The number of rotatable bonds is 6. The highest BCUT2D eigenvalue weighted by Crippen LogP contribution is 2.37. The largest absolute Gasteiger partial charge is 0.381 e. The van der Waals surface area contributed by atoms with Crippen molar-refractivity contribution >= 4 is 17.1 Å². The van der Waals surface area contributed by atoms with Crippen molar-refractivity contribution in [3.05, 3.63) is 47.4 Å². The molecule has 0 aliphatic carbocycles. The van der Waals surface area contributed by atoms with Crippen LogP contribution in [0.3, 0.4) is 0 Å². The molecule has 0 unspecified atom stereocenters. The first-order valence-corrected chi connectivity index (χ1v) is 11.6. The number of hydrogen-bond acceptors (Lipinski definition) is 5. The van der Waals surface area contributed by atoms with E-state index in [-0.39, 0.29) is 17.1 Å². The Morgan fingerprint density at radius 2 is 1.94 bits per heavy atom. The lowest BCUT2D eigenvalue weighted by Crippen LogP contribution is -2.24. The van der Waals surface area contributed by atoms with Crippen LogP contribution < -0.4 is 0 Å². The Kier molecular flexibility index (Phi) is 6.34. The van der Waals surface area contributed by atoms with E-state index in [0.29, 0.717) is 18.0 Å². The maximum Gasteiger partial charge on any atom is 0.182 e. The average molecular weight is 442 g/mol. The topological polar surface area (TPSA) is 57.0 Å². The summed E-state index contributed by atoms with van der Waals surface area (Å²) in [7, 11) is 0. The number of aromatic nitrogens is 3. The molecule has 0 atom stereocenters. The lowest BCUT2D eigenvalue weighted by atomic mass is 9.93. The second-order valence-corrected chi connectivity index (χ2v) is 9.91. The zero-order chi connectivity index (χ0) is 22.0. The van der Waals surface area contributed by atoms with Gasteiger partial charge in [0.05, 0.1) is 23.0 Å². The van der Waals surface area contributed by atoms with Gasteiger partial charge in [-0.3, -0.25) is 9.48 Å². The molecule has 0 spiro atoms. The summed E-state index contributed by atoms with van der Waals surface area (Å²) in [5.74, 6) is 0.366. The third-order valence-electron chi connectivity index (χ3n) is 5.66. The summed E-state index contributed by atoms with van der Waals surface area (Å²) >= 11 is 1.45. The van der Waals surface area contributed by atoms with Crippen LogP contribution in [-0.2, 0) is 10.3 Å². The number of carbonyl (C=O) groups excluding carboxylic acids is 1. The summed E-state index contributed by atoms with van der Waals surface area (Å²) in [6.07, 6.45) is 5.25. The van der Waals surface area contributed by atoms with E-state index >= 15 is 0 Å². The highest BCUT2D eigenvalue weighted by Gasteiger charge is 2.25. The van der Waals surface area contributed by atoms with Crippen LogP contribution in [-0.4, -0.2) is 33.8 Å². The molecule has 5 nitrogen and oxygen atoms in total. The first-order chi connectivity index (χ1) is 14.8. The van der Waals surface area contributed by atoms with Gasteiger partial charge in [-0.15, -0.1) is 11.3 Å². The average Bonchev–Trinajstić information content (AvgIpc) is 3.40. The fourth-order valence-corrected chi connectivity index (χ4v) is 4.76. The zero-order valence-electron chi connectivity index (χ0n) is 18.2. The van der Waals surface area contributed by atoms with Gasteiger partial charge >= 0.3 is 0 Å². The van der Waals surface area contributed by atoms with E-state index in [2.05, 4.69) is 30.9 Å². The molecule has 4 rings (SSSR count). The molecule has 7 heteroatoms. The highest BCUT2D eigenvalue weighted by molar-refractivity contribution is 7.13. The minimum atomic E-state index is -0.279. The second kappa shape index (κ2) is 9.01. The summed E-state index contributed by atoms with van der Waals surface area (Å²) in [6, 6.07) is 6.41. The molecular formula is C24H28FN3O2S. The Morgan fingerprint density at radius 3 is 2.61 bits per heavy atom. The Morgan fingerprint density at radius 1 is 1.23 bits per heavy atom. The summed E-state index contributed by atoms with van der Waals surface area (Å²) in [4.78, 5) is 17.4. The first kappa shape index (κ1) is 21.8. The molecule has 1 fully saturated rings. The predicted molar refractivity (Wildman–Crippen MR) is 121 cm³/mol. The summed E-state index contributed by atoms with van der Waals surface area (Å²) < 4.78 is 20.8. The molecular weight excluding hydrogens is 413 g/mol. The molecule has 0 radical (unpaired) electrons. The van der Waals surface area contributed by atoms with E-state index in [4.69, 9.17) is 4.74 Å².